The molecule has 16 heteroatoms. The Morgan fingerprint density at radius 1 is 0.766 bits per heavy atom. The van der Waals surface area contributed by atoms with Gasteiger partial charge < -0.3 is 5.32 Å². The molecule has 0 saturated carbocycles. The van der Waals surface area contributed by atoms with Crippen molar-refractivity contribution in [1.82, 2.24) is 24.7 Å². The first-order chi connectivity index (χ1) is 31.0. The Morgan fingerprint density at radius 2 is 1.41 bits per heavy atom. The minimum absolute atomic E-state index is 0.241. The quantitative estimate of drug-likeness (QED) is 0.0436. The molecule has 2 N–H and O–H groups in total. The predicted octanol–water partition coefficient (Wildman–Crippen LogP) is 14.2. The minimum Gasteiger partial charge on any atom is -0.338 e. The van der Waals surface area contributed by atoms with Crippen molar-refractivity contribution in [1.29, 1.82) is 5.26 Å². The van der Waals surface area contributed by atoms with E-state index in [4.69, 9.17) is 35.5 Å². The van der Waals surface area contributed by atoms with Crippen LogP contribution in [0, 0.1) is 45.9 Å². The van der Waals surface area contributed by atoms with Crippen LogP contribution in [0.5, 0.6) is 0 Å². The molecule has 0 radical (unpaired) electrons. The summed E-state index contributed by atoms with van der Waals surface area (Å²) in [5.41, 5.74) is 14.1. The van der Waals surface area contributed by atoms with E-state index >= 15 is 0 Å². The fourth-order valence-electron chi connectivity index (χ4n) is 8.00. The maximum atomic E-state index is 10.4. The molecule has 0 fully saturated rings. The van der Waals surface area contributed by atoms with Crippen molar-refractivity contribution in [3.05, 3.63) is 122 Å². The molecule has 8 aromatic rings. The largest absolute Gasteiger partial charge is 0.338 e. The average molecular weight is 909 g/mol. The summed E-state index contributed by atoms with van der Waals surface area (Å²) >= 11 is 3.88. The molecular formula is C48H48N10O3S3. The number of hydrogen-bond acceptors (Lipinski definition) is 15. The maximum absolute atomic E-state index is 10.4. The number of azo groups is 1. The molecule has 0 saturated heterocycles. The van der Waals surface area contributed by atoms with Crippen LogP contribution >= 0.6 is 34.7 Å². The summed E-state index contributed by atoms with van der Waals surface area (Å²) in [4.78, 5) is 18.5. The molecule has 0 unspecified atom stereocenters. The SMILES string of the molecule is CCc1cc(C)cc(CC)c1Nc1nc(N(c2nc3ccc(C)cc3s2)c2c(CC)cc(C)cc2CC)cc(C)c1N=Nc1c(C#N)c(C)nn1-c1nc2ccc(SOOO)cc2s1. The van der Waals surface area contributed by atoms with Gasteiger partial charge in [-0.15, -0.1) is 14.6 Å². The predicted molar refractivity (Wildman–Crippen MR) is 259 cm³/mol. The summed E-state index contributed by atoms with van der Waals surface area (Å²) in [6.07, 6.45) is 3.25. The lowest BCUT2D eigenvalue weighted by molar-refractivity contribution is -0.432. The molecule has 0 aliphatic heterocycles. The van der Waals surface area contributed by atoms with Gasteiger partial charge in [-0.25, -0.2) is 20.2 Å². The van der Waals surface area contributed by atoms with Gasteiger partial charge in [0.2, 0.25) is 5.13 Å². The molecule has 0 bridgehead atoms. The summed E-state index contributed by atoms with van der Waals surface area (Å²) in [7, 11) is 0. The smallest absolute Gasteiger partial charge is 0.213 e. The van der Waals surface area contributed by atoms with Gasteiger partial charge >= 0.3 is 0 Å². The number of benzene rings is 4. The van der Waals surface area contributed by atoms with E-state index in [1.165, 1.54) is 39.2 Å². The number of anilines is 5. The molecule has 4 heterocycles. The maximum Gasteiger partial charge on any atom is 0.213 e. The summed E-state index contributed by atoms with van der Waals surface area (Å²) in [6, 6.07) is 25.2. The van der Waals surface area contributed by atoms with E-state index in [0.717, 1.165) is 85.8 Å². The van der Waals surface area contributed by atoms with Crippen LogP contribution in [0.3, 0.4) is 0 Å². The summed E-state index contributed by atoms with van der Waals surface area (Å²) in [5, 5.41) is 42.5. The normalized spacial score (nSPS) is 11.6. The Morgan fingerprint density at radius 3 is 2.06 bits per heavy atom. The molecule has 4 aromatic carbocycles. The topological polar surface area (TPSA) is 159 Å². The van der Waals surface area contributed by atoms with Gasteiger partial charge in [-0.3, -0.25) is 4.90 Å². The third-order valence-electron chi connectivity index (χ3n) is 11.1. The highest BCUT2D eigenvalue weighted by Gasteiger charge is 2.27. The minimum atomic E-state index is 0.241. The Kier molecular flexibility index (Phi) is 13.2. The zero-order chi connectivity index (χ0) is 45.2. The molecule has 8 rings (SSSR count). The second kappa shape index (κ2) is 19.0. The van der Waals surface area contributed by atoms with Crippen molar-refractivity contribution in [2.24, 2.45) is 10.2 Å². The summed E-state index contributed by atoms with van der Waals surface area (Å²) in [5.74, 6) is 1.44. The molecule has 0 aliphatic carbocycles. The zero-order valence-electron chi connectivity index (χ0n) is 37.2. The van der Waals surface area contributed by atoms with Crippen LogP contribution < -0.4 is 10.2 Å². The van der Waals surface area contributed by atoms with Gasteiger partial charge in [0, 0.05) is 10.6 Å². The Bertz CT molecular complexity index is 3080. The highest BCUT2D eigenvalue weighted by molar-refractivity contribution is 7.94. The van der Waals surface area contributed by atoms with Gasteiger partial charge in [0.25, 0.3) is 0 Å². The molecule has 0 spiro atoms. The van der Waals surface area contributed by atoms with Crippen LogP contribution in [0.25, 0.3) is 25.6 Å². The number of nitriles is 1. The van der Waals surface area contributed by atoms with Crippen molar-refractivity contribution in [2.75, 3.05) is 10.2 Å². The van der Waals surface area contributed by atoms with Crippen molar-refractivity contribution in [2.45, 2.75) is 92.9 Å². The number of pyridine rings is 1. The van der Waals surface area contributed by atoms with Gasteiger partial charge in [-0.05, 0) is 130 Å². The van der Waals surface area contributed by atoms with E-state index in [2.05, 4.69) is 123 Å². The number of hydrogen-bond donors (Lipinski definition) is 2. The molecule has 0 amide bonds. The number of aryl methyl sites for hydroxylation is 9. The number of nitrogens with one attached hydrogen (secondary N) is 1. The fraction of sp³-hybridized carbons (Fsp3) is 0.271. The lowest BCUT2D eigenvalue weighted by atomic mass is 9.98. The van der Waals surface area contributed by atoms with Crippen LogP contribution in [0.1, 0.15) is 83.5 Å². The van der Waals surface area contributed by atoms with Crippen molar-refractivity contribution < 1.29 is 14.6 Å². The van der Waals surface area contributed by atoms with Crippen LogP contribution in [0.4, 0.5) is 39.6 Å². The van der Waals surface area contributed by atoms with Crippen molar-refractivity contribution >= 4 is 94.8 Å². The highest BCUT2D eigenvalue weighted by Crippen LogP contribution is 2.46. The lowest BCUT2D eigenvalue weighted by Gasteiger charge is -2.28. The number of aromatic nitrogens is 5. The number of thiazole rings is 2. The van der Waals surface area contributed by atoms with Crippen LogP contribution in [-0.4, -0.2) is 30.0 Å². The van der Waals surface area contributed by atoms with E-state index in [1.54, 1.807) is 29.0 Å². The van der Waals surface area contributed by atoms with E-state index in [-0.39, 0.29) is 11.4 Å². The average Bonchev–Trinajstić information content (AvgIpc) is 3.99. The molecular weight excluding hydrogens is 861 g/mol. The Hall–Kier alpha value is -6.06. The van der Waals surface area contributed by atoms with E-state index in [9.17, 15) is 5.26 Å². The molecule has 326 valence electrons. The van der Waals surface area contributed by atoms with Gasteiger partial charge in [0.15, 0.2) is 16.8 Å². The standard InChI is InChI=1S/C48H48N10O3S3/c1-10-31-18-27(6)19-32(11-2)43(31)53-45-42(54-55-46-36(25-49)30(9)56-58(46)48-51-38-17-15-35(64-61-60-59)24-40(38)63-48)29(8)23-41(52-45)57(44-33(12-3)20-28(7)21-34(44)13-4)47-50-37-16-14-26(5)22-39(37)62-47/h14-24,59H,10-13H2,1-9H3,(H,52,53). The number of fused-ring (bicyclic) bond motifs is 2. The summed E-state index contributed by atoms with van der Waals surface area (Å²) < 4.78 is 8.13. The van der Waals surface area contributed by atoms with E-state index < -0.39 is 0 Å². The second-order valence-electron chi connectivity index (χ2n) is 15.6. The van der Waals surface area contributed by atoms with Crippen molar-refractivity contribution in [3.8, 4) is 11.2 Å². The summed E-state index contributed by atoms with van der Waals surface area (Å²) in [6.45, 7) is 18.9. The second-order valence-corrected chi connectivity index (χ2v) is 18.4. The first-order valence-corrected chi connectivity index (χ1v) is 23.5. The van der Waals surface area contributed by atoms with Crippen LogP contribution in [0.2, 0.25) is 0 Å². The van der Waals surface area contributed by atoms with E-state index in [0.29, 0.717) is 38.6 Å². The van der Waals surface area contributed by atoms with Gasteiger partial charge in [-0.1, -0.05) is 96.9 Å². The highest BCUT2D eigenvalue weighted by atomic mass is 32.2. The zero-order valence-corrected chi connectivity index (χ0v) is 39.6. The van der Waals surface area contributed by atoms with E-state index in [1.807, 2.05) is 19.1 Å². The third kappa shape index (κ3) is 8.75. The van der Waals surface area contributed by atoms with Gasteiger partial charge in [0.05, 0.1) is 43.9 Å². The van der Waals surface area contributed by atoms with Gasteiger partial charge in [-0.2, -0.15) is 15.0 Å². The Balaban J connectivity index is 1.35. The van der Waals surface area contributed by atoms with Crippen molar-refractivity contribution in [3.63, 3.8) is 0 Å². The third-order valence-corrected chi connectivity index (χ3v) is 13.6. The molecule has 0 atom stereocenters. The monoisotopic (exact) mass is 908 g/mol. The number of nitrogens with zero attached hydrogens (tertiary/aromatic N) is 9. The first-order valence-electron chi connectivity index (χ1n) is 21.1. The number of rotatable bonds is 15. The van der Waals surface area contributed by atoms with Gasteiger partial charge in [0.1, 0.15) is 23.1 Å². The molecule has 64 heavy (non-hydrogen) atoms. The lowest BCUT2D eigenvalue weighted by Crippen LogP contribution is -2.17. The van der Waals surface area contributed by atoms with Crippen LogP contribution in [0.15, 0.2) is 81.9 Å². The molecule has 13 nitrogen and oxygen atoms in total. The Labute approximate surface area is 384 Å². The molecule has 0 aliphatic rings. The van der Waals surface area contributed by atoms with Crippen LogP contribution in [-0.2, 0) is 35.1 Å². The molecule has 4 aromatic heterocycles. The first kappa shape index (κ1) is 44.5. The fourth-order valence-corrected chi connectivity index (χ4v) is 10.5.